The topological polar surface area (TPSA) is 28.7 Å². The molecule has 1 aromatic heterocycles. The minimum Gasteiger partial charge on any atom is -0.467 e. The Kier molecular flexibility index (Phi) is 5.24. The highest BCUT2D eigenvalue weighted by molar-refractivity contribution is 14.1. The molecule has 0 amide bonds. The van der Waals surface area contributed by atoms with Gasteiger partial charge in [-0.25, -0.2) is 0 Å². The summed E-state index contributed by atoms with van der Waals surface area (Å²) in [6.45, 7) is 2.55. The Balaban J connectivity index is 1.75. The fourth-order valence-corrected chi connectivity index (χ4v) is 4.00. The Hall–Kier alpha value is -0.950. The SMILES string of the molecule is ICC1CN=C(N(Cc2ccccc2)Cc2ccco2)S1. The summed E-state index contributed by atoms with van der Waals surface area (Å²) in [4.78, 5) is 7.03. The zero-order valence-corrected chi connectivity index (χ0v) is 14.6. The number of alkyl halides is 1. The Bertz CT molecular complexity index is 586. The molecule has 0 fully saturated rings. The van der Waals surface area contributed by atoms with E-state index < -0.39 is 0 Å². The van der Waals surface area contributed by atoms with Gasteiger partial charge in [0, 0.05) is 16.2 Å². The Morgan fingerprint density at radius 2 is 2.05 bits per heavy atom. The standard InChI is InChI=1S/C16H17IN2OS/c17-9-15-10-18-16(21-15)19(12-14-7-4-8-20-14)11-13-5-2-1-3-6-13/h1-8,15H,9-12H2. The van der Waals surface area contributed by atoms with E-state index in [9.17, 15) is 0 Å². The third kappa shape index (κ3) is 4.03. The van der Waals surface area contributed by atoms with E-state index in [1.807, 2.05) is 30.0 Å². The van der Waals surface area contributed by atoms with Crippen LogP contribution in [0.25, 0.3) is 0 Å². The van der Waals surface area contributed by atoms with Crippen molar-refractivity contribution in [2.24, 2.45) is 4.99 Å². The lowest BCUT2D eigenvalue weighted by molar-refractivity contribution is 0.361. The summed E-state index contributed by atoms with van der Waals surface area (Å²) >= 11 is 4.32. The van der Waals surface area contributed by atoms with Gasteiger partial charge in [-0.2, -0.15) is 0 Å². The van der Waals surface area contributed by atoms with Gasteiger partial charge in [-0.3, -0.25) is 4.99 Å². The van der Waals surface area contributed by atoms with E-state index in [1.165, 1.54) is 5.56 Å². The van der Waals surface area contributed by atoms with Crippen molar-refractivity contribution < 1.29 is 4.42 Å². The van der Waals surface area contributed by atoms with Crippen LogP contribution >= 0.6 is 34.4 Å². The zero-order valence-electron chi connectivity index (χ0n) is 11.6. The first-order valence-electron chi connectivity index (χ1n) is 6.93. The van der Waals surface area contributed by atoms with Gasteiger partial charge in [-0.1, -0.05) is 64.7 Å². The second-order valence-corrected chi connectivity index (χ2v) is 7.09. The van der Waals surface area contributed by atoms with Crippen molar-refractivity contribution in [2.75, 3.05) is 11.0 Å². The van der Waals surface area contributed by atoms with E-state index in [1.54, 1.807) is 6.26 Å². The van der Waals surface area contributed by atoms with Crippen molar-refractivity contribution >= 4 is 39.5 Å². The number of benzene rings is 1. The van der Waals surface area contributed by atoms with Crippen LogP contribution in [0.15, 0.2) is 58.1 Å². The monoisotopic (exact) mass is 412 g/mol. The van der Waals surface area contributed by atoms with Crippen LogP contribution in [0, 0.1) is 0 Å². The number of aliphatic imine (C=N–C) groups is 1. The first-order chi connectivity index (χ1) is 10.3. The zero-order chi connectivity index (χ0) is 14.5. The largest absolute Gasteiger partial charge is 0.467 e. The molecule has 2 heterocycles. The lowest BCUT2D eigenvalue weighted by atomic mass is 10.2. The number of thioether (sulfide) groups is 1. The molecular formula is C16H17IN2OS. The van der Waals surface area contributed by atoms with Crippen LogP contribution < -0.4 is 0 Å². The molecule has 21 heavy (non-hydrogen) atoms. The maximum absolute atomic E-state index is 5.51. The van der Waals surface area contributed by atoms with Gasteiger partial charge < -0.3 is 9.32 Å². The average Bonchev–Trinajstić information content (AvgIpc) is 3.19. The van der Waals surface area contributed by atoms with Crippen LogP contribution in [0.1, 0.15) is 11.3 Å². The Labute approximate surface area is 143 Å². The number of hydrogen-bond acceptors (Lipinski definition) is 4. The molecule has 1 atom stereocenters. The van der Waals surface area contributed by atoms with Gasteiger partial charge in [0.25, 0.3) is 0 Å². The van der Waals surface area contributed by atoms with Gasteiger partial charge >= 0.3 is 0 Å². The molecule has 3 nitrogen and oxygen atoms in total. The third-order valence-corrected chi connectivity index (χ3v) is 6.20. The highest BCUT2D eigenvalue weighted by Gasteiger charge is 2.24. The molecular weight excluding hydrogens is 395 g/mol. The third-order valence-electron chi connectivity index (χ3n) is 3.29. The molecule has 1 aliphatic heterocycles. The van der Waals surface area contributed by atoms with Crippen molar-refractivity contribution in [1.29, 1.82) is 0 Å². The van der Waals surface area contributed by atoms with Crippen LogP contribution in [-0.2, 0) is 13.1 Å². The Morgan fingerprint density at radius 3 is 2.71 bits per heavy atom. The molecule has 1 aromatic carbocycles. The predicted octanol–water partition coefficient (Wildman–Crippen LogP) is 4.19. The minimum atomic E-state index is 0.607. The number of furan rings is 1. The molecule has 3 rings (SSSR count). The van der Waals surface area contributed by atoms with Gasteiger partial charge in [0.05, 0.1) is 19.4 Å². The number of nitrogens with zero attached hydrogens (tertiary/aromatic N) is 2. The van der Waals surface area contributed by atoms with Crippen molar-refractivity contribution in [3.8, 4) is 0 Å². The molecule has 0 aliphatic carbocycles. The van der Waals surface area contributed by atoms with Crippen LogP contribution in [0.3, 0.4) is 0 Å². The van der Waals surface area contributed by atoms with E-state index in [-0.39, 0.29) is 0 Å². The van der Waals surface area contributed by atoms with E-state index in [4.69, 9.17) is 9.41 Å². The second kappa shape index (κ2) is 7.35. The number of halogens is 1. The molecule has 0 saturated carbocycles. The molecule has 1 unspecified atom stereocenters. The summed E-state index contributed by atoms with van der Waals surface area (Å²) in [6.07, 6.45) is 1.73. The quantitative estimate of drug-likeness (QED) is 0.545. The predicted molar refractivity (Wildman–Crippen MR) is 97.0 cm³/mol. The highest BCUT2D eigenvalue weighted by atomic mass is 127. The second-order valence-electron chi connectivity index (χ2n) is 4.94. The van der Waals surface area contributed by atoms with E-state index in [0.29, 0.717) is 5.25 Å². The number of amidine groups is 1. The van der Waals surface area contributed by atoms with Gasteiger partial charge in [-0.15, -0.1) is 0 Å². The average molecular weight is 412 g/mol. The maximum atomic E-state index is 5.51. The molecule has 110 valence electrons. The summed E-state index contributed by atoms with van der Waals surface area (Å²) in [5, 5.41) is 1.74. The molecule has 0 bridgehead atoms. The molecule has 0 N–H and O–H groups in total. The normalized spacial score (nSPS) is 17.8. The van der Waals surface area contributed by atoms with Crippen LogP contribution in [0.2, 0.25) is 0 Å². The minimum absolute atomic E-state index is 0.607. The first kappa shape index (κ1) is 15.0. The molecule has 5 heteroatoms. The smallest absolute Gasteiger partial charge is 0.160 e. The lowest BCUT2D eigenvalue weighted by Crippen LogP contribution is -2.27. The number of rotatable bonds is 5. The fraction of sp³-hybridized carbons (Fsp3) is 0.312. The molecule has 1 aliphatic rings. The van der Waals surface area contributed by atoms with Gasteiger partial charge in [0.15, 0.2) is 5.17 Å². The summed E-state index contributed by atoms with van der Waals surface area (Å²) in [5.41, 5.74) is 1.30. The van der Waals surface area contributed by atoms with Gasteiger partial charge in [0.2, 0.25) is 0 Å². The maximum Gasteiger partial charge on any atom is 0.160 e. The summed E-state index contributed by atoms with van der Waals surface area (Å²) < 4.78 is 6.64. The van der Waals surface area contributed by atoms with Crippen molar-refractivity contribution in [2.45, 2.75) is 18.3 Å². The first-order valence-corrected chi connectivity index (χ1v) is 9.34. The summed E-state index contributed by atoms with van der Waals surface area (Å²) in [5.74, 6) is 0.979. The van der Waals surface area contributed by atoms with E-state index in [2.05, 4.69) is 51.8 Å². The van der Waals surface area contributed by atoms with Gasteiger partial charge in [-0.05, 0) is 17.7 Å². The number of hydrogen-bond donors (Lipinski definition) is 0. The molecule has 2 aromatic rings. The van der Waals surface area contributed by atoms with E-state index in [0.717, 1.165) is 35.0 Å². The molecule has 0 radical (unpaired) electrons. The molecule has 0 spiro atoms. The van der Waals surface area contributed by atoms with Crippen molar-refractivity contribution in [3.63, 3.8) is 0 Å². The van der Waals surface area contributed by atoms with Crippen LogP contribution in [0.4, 0.5) is 0 Å². The fourth-order valence-electron chi connectivity index (χ4n) is 2.24. The van der Waals surface area contributed by atoms with E-state index >= 15 is 0 Å². The Morgan fingerprint density at radius 1 is 1.19 bits per heavy atom. The van der Waals surface area contributed by atoms with Crippen molar-refractivity contribution in [1.82, 2.24) is 4.90 Å². The van der Waals surface area contributed by atoms with Crippen molar-refractivity contribution in [3.05, 3.63) is 60.1 Å². The lowest BCUT2D eigenvalue weighted by Gasteiger charge is -2.23. The van der Waals surface area contributed by atoms with Crippen LogP contribution in [-0.4, -0.2) is 26.3 Å². The highest BCUT2D eigenvalue weighted by Crippen LogP contribution is 2.27. The molecule has 0 saturated heterocycles. The van der Waals surface area contributed by atoms with Crippen LogP contribution in [0.5, 0.6) is 0 Å². The summed E-state index contributed by atoms with van der Waals surface area (Å²) in [6, 6.07) is 14.5. The van der Waals surface area contributed by atoms with Gasteiger partial charge in [0.1, 0.15) is 5.76 Å². The summed E-state index contributed by atoms with van der Waals surface area (Å²) in [7, 11) is 0.